The molecule has 1 saturated carbocycles. The Balaban J connectivity index is 1.72. The number of hydrogen-bond acceptors (Lipinski definition) is 5. The molecule has 0 radical (unpaired) electrons. The molecule has 0 bridgehead atoms. The zero-order valence-electron chi connectivity index (χ0n) is 12.7. The van der Waals surface area contributed by atoms with E-state index in [0.717, 1.165) is 31.1 Å². The minimum atomic E-state index is -0.0618. The number of nitrogens with one attached hydrogen (secondary N) is 1. The Labute approximate surface area is 129 Å². The summed E-state index contributed by atoms with van der Waals surface area (Å²) in [5.74, 6) is 0.313. The fourth-order valence-electron chi connectivity index (χ4n) is 3.04. The van der Waals surface area contributed by atoms with Crippen LogP contribution in [0.4, 0.5) is 10.9 Å². The molecule has 1 saturated heterocycles. The Morgan fingerprint density at radius 1 is 1.24 bits per heavy atom. The summed E-state index contributed by atoms with van der Waals surface area (Å²) in [6.07, 6.45) is 8.24. The highest BCUT2D eigenvalue weighted by molar-refractivity contribution is 7.18. The number of carbonyl (C=O) groups excluding carboxylic acids is 1. The van der Waals surface area contributed by atoms with Crippen LogP contribution in [0.15, 0.2) is 0 Å². The Morgan fingerprint density at radius 3 is 2.48 bits per heavy atom. The molecule has 0 atom stereocenters. The highest BCUT2D eigenvalue weighted by atomic mass is 32.1. The van der Waals surface area contributed by atoms with E-state index in [4.69, 9.17) is 5.73 Å². The van der Waals surface area contributed by atoms with Crippen molar-refractivity contribution >= 4 is 28.2 Å². The average molecular weight is 308 g/mol. The molecule has 3 rings (SSSR count). The first-order valence-electron chi connectivity index (χ1n) is 7.91. The van der Waals surface area contributed by atoms with E-state index in [-0.39, 0.29) is 11.4 Å². The van der Waals surface area contributed by atoms with Crippen LogP contribution in [0.5, 0.6) is 0 Å². The number of hydrogen-bond donors (Lipinski definition) is 2. The number of nitrogens with two attached hydrogens (primary N) is 1. The van der Waals surface area contributed by atoms with Crippen molar-refractivity contribution in [1.82, 2.24) is 10.3 Å². The summed E-state index contributed by atoms with van der Waals surface area (Å²) in [6.45, 7) is 4.14. The van der Waals surface area contributed by atoms with Gasteiger partial charge in [0.1, 0.15) is 10.7 Å². The van der Waals surface area contributed by atoms with E-state index in [0.29, 0.717) is 10.7 Å². The van der Waals surface area contributed by atoms with Gasteiger partial charge in [0.05, 0.1) is 0 Å². The van der Waals surface area contributed by atoms with Crippen LogP contribution in [0, 0.1) is 0 Å². The highest BCUT2D eigenvalue weighted by Gasteiger charge is 2.34. The Hall–Kier alpha value is -1.30. The van der Waals surface area contributed by atoms with E-state index in [1.54, 1.807) is 0 Å². The van der Waals surface area contributed by atoms with Gasteiger partial charge in [0, 0.05) is 18.6 Å². The van der Waals surface area contributed by atoms with Gasteiger partial charge in [0.25, 0.3) is 5.91 Å². The quantitative estimate of drug-likeness (QED) is 0.900. The van der Waals surface area contributed by atoms with Crippen molar-refractivity contribution in [3.05, 3.63) is 4.88 Å². The van der Waals surface area contributed by atoms with Crippen LogP contribution < -0.4 is 16.0 Å². The van der Waals surface area contributed by atoms with Gasteiger partial charge in [-0.3, -0.25) is 4.79 Å². The van der Waals surface area contributed by atoms with Crippen LogP contribution in [-0.4, -0.2) is 29.5 Å². The van der Waals surface area contributed by atoms with E-state index in [2.05, 4.69) is 22.1 Å². The van der Waals surface area contributed by atoms with Gasteiger partial charge in [0.2, 0.25) is 0 Å². The third-order valence-corrected chi connectivity index (χ3v) is 5.73. The Morgan fingerprint density at radius 2 is 1.90 bits per heavy atom. The molecule has 5 nitrogen and oxygen atoms in total. The molecule has 2 heterocycles. The summed E-state index contributed by atoms with van der Waals surface area (Å²) in [7, 11) is 0. The maximum atomic E-state index is 12.4. The Kier molecular flexibility index (Phi) is 4.06. The van der Waals surface area contributed by atoms with Crippen LogP contribution in [0.25, 0.3) is 0 Å². The van der Waals surface area contributed by atoms with E-state index in [1.807, 2.05) is 0 Å². The summed E-state index contributed by atoms with van der Waals surface area (Å²) in [6, 6.07) is 0. The van der Waals surface area contributed by atoms with Gasteiger partial charge in [-0.05, 0) is 39.0 Å². The van der Waals surface area contributed by atoms with Crippen molar-refractivity contribution in [1.29, 1.82) is 0 Å². The molecule has 116 valence electrons. The average Bonchev–Trinajstić information content (AvgIpc) is 2.64. The molecule has 0 spiro atoms. The van der Waals surface area contributed by atoms with Crippen LogP contribution in [0.1, 0.15) is 61.5 Å². The number of aromatic nitrogens is 1. The van der Waals surface area contributed by atoms with Crippen molar-refractivity contribution in [2.24, 2.45) is 0 Å². The largest absolute Gasteiger partial charge is 0.382 e. The number of amides is 1. The van der Waals surface area contributed by atoms with Gasteiger partial charge in [-0.1, -0.05) is 24.2 Å². The van der Waals surface area contributed by atoms with Gasteiger partial charge in [0.15, 0.2) is 5.13 Å². The second kappa shape index (κ2) is 5.83. The summed E-state index contributed by atoms with van der Waals surface area (Å²) < 4.78 is 0. The fourth-order valence-corrected chi connectivity index (χ4v) is 3.98. The van der Waals surface area contributed by atoms with Crippen LogP contribution in [0.3, 0.4) is 0 Å². The predicted molar refractivity (Wildman–Crippen MR) is 86.9 cm³/mol. The highest BCUT2D eigenvalue weighted by Crippen LogP contribution is 2.34. The molecule has 6 heteroatoms. The SMILES string of the molecule is CC1(NC(=O)c2sc(N3CCCCCC3)nc2N)CCC1. The van der Waals surface area contributed by atoms with E-state index in [1.165, 1.54) is 43.4 Å². The monoisotopic (exact) mass is 308 g/mol. The number of anilines is 2. The fraction of sp³-hybridized carbons (Fsp3) is 0.733. The van der Waals surface area contributed by atoms with Gasteiger partial charge >= 0.3 is 0 Å². The predicted octanol–water partition coefficient (Wildman–Crippen LogP) is 2.78. The standard InChI is InChI=1S/C15H24N4OS/c1-15(7-6-8-15)18-13(20)11-12(16)17-14(21-11)19-9-4-2-3-5-10-19/h2-10,16H2,1H3,(H,18,20). The number of nitrogens with zero attached hydrogens (tertiary/aromatic N) is 2. The first-order valence-corrected chi connectivity index (χ1v) is 8.73. The lowest BCUT2D eigenvalue weighted by Crippen LogP contribution is -2.50. The van der Waals surface area contributed by atoms with Crippen molar-refractivity contribution in [3.63, 3.8) is 0 Å². The maximum Gasteiger partial charge on any atom is 0.265 e. The summed E-state index contributed by atoms with van der Waals surface area (Å²) in [4.78, 5) is 19.7. The van der Waals surface area contributed by atoms with Crippen molar-refractivity contribution in [3.8, 4) is 0 Å². The molecular formula is C15H24N4OS. The van der Waals surface area contributed by atoms with E-state index in [9.17, 15) is 4.79 Å². The summed E-state index contributed by atoms with van der Waals surface area (Å²) in [5.41, 5.74) is 5.93. The van der Waals surface area contributed by atoms with Crippen LogP contribution in [0.2, 0.25) is 0 Å². The summed E-state index contributed by atoms with van der Waals surface area (Å²) in [5, 5.41) is 4.01. The summed E-state index contributed by atoms with van der Waals surface area (Å²) >= 11 is 1.44. The smallest absolute Gasteiger partial charge is 0.265 e. The van der Waals surface area contributed by atoms with Gasteiger partial charge < -0.3 is 16.0 Å². The molecule has 1 amide bonds. The van der Waals surface area contributed by atoms with E-state index < -0.39 is 0 Å². The molecule has 1 aliphatic carbocycles. The second-order valence-electron chi connectivity index (χ2n) is 6.48. The lowest BCUT2D eigenvalue weighted by atomic mass is 9.78. The van der Waals surface area contributed by atoms with Crippen molar-refractivity contribution in [2.45, 2.75) is 57.4 Å². The molecule has 3 N–H and O–H groups in total. The minimum Gasteiger partial charge on any atom is -0.382 e. The van der Waals surface area contributed by atoms with E-state index >= 15 is 0 Å². The third-order valence-electron chi connectivity index (χ3n) is 4.60. The van der Waals surface area contributed by atoms with Gasteiger partial charge in [-0.2, -0.15) is 0 Å². The lowest BCUT2D eigenvalue weighted by Gasteiger charge is -2.38. The minimum absolute atomic E-state index is 0.0454. The maximum absolute atomic E-state index is 12.4. The molecule has 1 aromatic rings. The van der Waals surface area contributed by atoms with Gasteiger partial charge in [-0.25, -0.2) is 4.98 Å². The number of nitrogen functional groups attached to an aromatic ring is 1. The zero-order valence-corrected chi connectivity index (χ0v) is 13.5. The topological polar surface area (TPSA) is 71.2 Å². The number of thiazole rings is 1. The normalized spacial score (nSPS) is 21.5. The van der Waals surface area contributed by atoms with Crippen molar-refractivity contribution < 1.29 is 4.79 Å². The first kappa shape index (κ1) is 14.6. The molecular weight excluding hydrogens is 284 g/mol. The molecule has 1 aliphatic heterocycles. The zero-order chi connectivity index (χ0) is 14.9. The molecule has 0 aromatic carbocycles. The Bertz CT molecular complexity index is 516. The lowest BCUT2D eigenvalue weighted by molar-refractivity contribution is 0.0855. The van der Waals surface area contributed by atoms with Crippen molar-refractivity contribution in [2.75, 3.05) is 23.7 Å². The molecule has 2 fully saturated rings. The first-order chi connectivity index (χ1) is 10.1. The molecule has 21 heavy (non-hydrogen) atoms. The molecule has 2 aliphatic rings. The second-order valence-corrected chi connectivity index (χ2v) is 7.46. The van der Waals surface area contributed by atoms with Gasteiger partial charge in [-0.15, -0.1) is 0 Å². The third kappa shape index (κ3) is 3.15. The number of carbonyl (C=O) groups is 1. The molecule has 1 aromatic heterocycles. The van der Waals surface area contributed by atoms with Crippen LogP contribution >= 0.6 is 11.3 Å². The van der Waals surface area contributed by atoms with Crippen LogP contribution in [-0.2, 0) is 0 Å². The number of rotatable bonds is 3. The molecule has 0 unspecified atom stereocenters.